The SMILES string of the molecule is CCCC[C@H](CC)CC[C@H](O)CC(C)C. The molecule has 0 aliphatic rings. The smallest absolute Gasteiger partial charge is 0.0542 e. The van der Waals surface area contributed by atoms with E-state index in [0.29, 0.717) is 5.92 Å². The van der Waals surface area contributed by atoms with Crippen molar-refractivity contribution in [1.29, 1.82) is 0 Å². The standard InChI is InChI=1S/C14H30O/c1-5-7-8-13(6-2)9-10-14(15)11-12(3)4/h12-15H,5-11H2,1-4H3/t13-,14-/m0/s1. The molecule has 0 rings (SSSR count). The molecule has 0 aliphatic heterocycles. The van der Waals surface area contributed by atoms with Gasteiger partial charge in [-0.1, -0.05) is 53.4 Å². The molecule has 0 fully saturated rings. The van der Waals surface area contributed by atoms with Gasteiger partial charge in [0.05, 0.1) is 6.10 Å². The Hall–Kier alpha value is -0.0400. The predicted octanol–water partition coefficient (Wildman–Crippen LogP) is 4.39. The molecule has 0 saturated carbocycles. The lowest BCUT2D eigenvalue weighted by molar-refractivity contribution is 0.129. The van der Waals surface area contributed by atoms with Crippen LogP contribution in [0.1, 0.15) is 72.6 Å². The first-order valence-corrected chi connectivity index (χ1v) is 6.78. The van der Waals surface area contributed by atoms with Crippen LogP contribution in [0.2, 0.25) is 0 Å². The topological polar surface area (TPSA) is 20.2 Å². The number of unbranched alkanes of at least 4 members (excludes halogenated alkanes) is 1. The van der Waals surface area contributed by atoms with Crippen LogP contribution in [-0.4, -0.2) is 11.2 Å². The molecule has 92 valence electrons. The summed E-state index contributed by atoms with van der Waals surface area (Å²) in [6.45, 7) is 8.88. The number of hydrogen-bond acceptors (Lipinski definition) is 1. The number of hydrogen-bond donors (Lipinski definition) is 1. The number of aliphatic hydroxyl groups excluding tert-OH is 1. The van der Waals surface area contributed by atoms with E-state index in [2.05, 4.69) is 27.7 Å². The summed E-state index contributed by atoms with van der Waals surface area (Å²) >= 11 is 0. The van der Waals surface area contributed by atoms with Crippen LogP contribution in [0.4, 0.5) is 0 Å². The molecule has 0 spiro atoms. The summed E-state index contributed by atoms with van der Waals surface area (Å²) < 4.78 is 0. The van der Waals surface area contributed by atoms with Crippen molar-refractivity contribution < 1.29 is 5.11 Å². The van der Waals surface area contributed by atoms with Gasteiger partial charge < -0.3 is 5.11 Å². The van der Waals surface area contributed by atoms with Crippen molar-refractivity contribution in [1.82, 2.24) is 0 Å². The number of aliphatic hydroxyl groups is 1. The van der Waals surface area contributed by atoms with Crippen LogP contribution < -0.4 is 0 Å². The second kappa shape index (κ2) is 9.21. The second-order valence-corrected chi connectivity index (χ2v) is 5.28. The Morgan fingerprint density at radius 2 is 1.67 bits per heavy atom. The van der Waals surface area contributed by atoms with Crippen molar-refractivity contribution in [3.05, 3.63) is 0 Å². The normalized spacial score (nSPS) is 15.6. The van der Waals surface area contributed by atoms with Crippen LogP contribution in [0, 0.1) is 11.8 Å². The lowest BCUT2D eigenvalue weighted by atomic mass is 9.91. The van der Waals surface area contributed by atoms with Crippen LogP contribution >= 0.6 is 0 Å². The van der Waals surface area contributed by atoms with Crippen molar-refractivity contribution in [2.45, 2.75) is 78.7 Å². The molecule has 15 heavy (non-hydrogen) atoms. The molecular weight excluding hydrogens is 184 g/mol. The first-order valence-electron chi connectivity index (χ1n) is 6.78. The summed E-state index contributed by atoms with van der Waals surface area (Å²) in [7, 11) is 0. The van der Waals surface area contributed by atoms with Crippen molar-refractivity contribution in [3.8, 4) is 0 Å². The minimum absolute atomic E-state index is 0.0688. The van der Waals surface area contributed by atoms with Crippen molar-refractivity contribution in [3.63, 3.8) is 0 Å². The summed E-state index contributed by atoms with van der Waals surface area (Å²) in [6, 6.07) is 0. The fourth-order valence-electron chi connectivity index (χ4n) is 2.14. The Morgan fingerprint density at radius 1 is 1.00 bits per heavy atom. The molecule has 0 amide bonds. The van der Waals surface area contributed by atoms with Crippen molar-refractivity contribution in [2.24, 2.45) is 11.8 Å². The molecule has 0 radical (unpaired) electrons. The molecule has 0 bridgehead atoms. The predicted molar refractivity (Wildman–Crippen MR) is 68.0 cm³/mol. The van der Waals surface area contributed by atoms with Gasteiger partial charge in [0, 0.05) is 0 Å². The van der Waals surface area contributed by atoms with Crippen molar-refractivity contribution >= 4 is 0 Å². The maximum absolute atomic E-state index is 9.79. The van der Waals surface area contributed by atoms with Crippen molar-refractivity contribution in [2.75, 3.05) is 0 Å². The first-order chi connectivity index (χ1) is 7.10. The summed E-state index contributed by atoms with van der Waals surface area (Å²) in [4.78, 5) is 0. The minimum atomic E-state index is -0.0688. The molecule has 0 aromatic carbocycles. The van der Waals surface area contributed by atoms with E-state index >= 15 is 0 Å². The fraction of sp³-hybridized carbons (Fsp3) is 1.00. The van der Waals surface area contributed by atoms with Gasteiger partial charge >= 0.3 is 0 Å². The highest BCUT2D eigenvalue weighted by Gasteiger charge is 2.11. The molecule has 0 unspecified atom stereocenters. The molecule has 1 N–H and O–H groups in total. The summed E-state index contributed by atoms with van der Waals surface area (Å²) in [6.07, 6.45) is 8.37. The number of rotatable bonds is 9. The van der Waals surface area contributed by atoms with E-state index < -0.39 is 0 Å². The Kier molecular flexibility index (Phi) is 9.18. The molecule has 0 aromatic rings. The molecule has 0 saturated heterocycles. The van der Waals surface area contributed by atoms with Gasteiger partial charge in [-0.25, -0.2) is 0 Å². The lowest BCUT2D eigenvalue weighted by Crippen LogP contribution is -2.12. The Labute approximate surface area is 96.3 Å². The highest BCUT2D eigenvalue weighted by atomic mass is 16.3. The molecule has 0 aliphatic carbocycles. The monoisotopic (exact) mass is 214 g/mol. The quantitative estimate of drug-likeness (QED) is 0.603. The molecule has 0 heterocycles. The van der Waals surface area contributed by atoms with E-state index in [4.69, 9.17) is 0 Å². The Bertz CT molecular complexity index is 131. The van der Waals surface area contributed by atoms with Gasteiger partial charge in [0.1, 0.15) is 0 Å². The van der Waals surface area contributed by atoms with Gasteiger partial charge in [-0.05, 0) is 31.1 Å². The first kappa shape index (κ1) is 15.0. The van der Waals surface area contributed by atoms with E-state index in [1.807, 2.05) is 0 Å². The van der Waals surface area contributed by atoms with Crippen LogP contribution in [-0.2, 0) is 0 Å². The second-order valence-electron chi connectivity index (χ2n) is 5.28. The zero-order chi connectivity index (χ0) is 11.7. The van der Waals surface area contributed by atoms with E-state index in [1.165, 1.54) is 32.1 Å². The third-order valence-corrected chi connectivity index (χ3v) is 3.19. The van der Waals surface area contributed by atoms with Gasteiger partial charge in [0.2, 0.25) is 0 Å². The zero-order valence-corrected chi connectivity index (χ0v) is 11.1. The third-order valence-electron chi connectivity index (χ3n) is 3.19. The van der Waals surface area contributed by atoms with Gasteiger partial charge in [-0.3, -0.25) is 0 Å². The van der Waals surface area contributed by atoms with Crippen LogP contribution in [0.15, 0.2) is 0 Å². The summed E-state index contributed by atoms with van der Waals surface area (Å²) in [5.41, 5.74) is 0. The highest BCUT2D eigenvalue weighted by molar-refractivity contribution is 4.63. The minimum Gasteiger partial charge on any atom is -0.393 e. The van der Waals surface area contributed by atoms with E-state index in [9.17, 15) is 5.11 Å². The molecule has 2 atom stereocenters. The summed E-state index contributed by atoms with van der Waals surface area (Å²) in [5, 5.41) is 9.79. The third kappa shape index (κ3) is 8.92. The largest absolute Gasteiger partial charge is 0.393 e. The fourth-order valence-corrected chi connectivity index (χ4v) is 2.14. The van der Waals surface area contributed by atoms with Gasteiger partial charge in [0.25, 0.3) is 0 Å². The molecule has 0 aromatic heterocycles. The maximum Gasteiger partial charge on any atom is 0.0542 e. The van der Waals surface area contributed by atoms with Crippen LogP contribution in [0.5, 0.6) is 0 Å². The van der Waals surface area contributed by atoms with E-state index in [-0.39, 0.29) is 6.10 Å². The maximum atomic E-state index is 9.79. The summed E-state index contributed by atoms with van der Waals surface area (Å²) in [5.74, 6) is 1.46. The van der Waals surface area contributed by atoms with Crippen LogP contribution in [0.25, 0.3) is 0 Å². The average molecular weight is 214 g/mol. The Morgan fingerprint density at radius 3 is 2.13 bits per heavy atom. The van der Waals surface area contributed by atoms with E-state index in [0.717, 1.165) is 18.8 Å². The Balaban J connectivity index is 3.60. The average Bonchev–Trinajstić information content (AvgIpc) is 2.17. The van der Waals surface area contributed by atoms with Gasteiger partial charge in [0.15, 0.2) is 0 Å². The lowest BCUT2D eigenvalue weighted by Gasteiger charge is -2.18. The highest BCUT2D eigenvalue weighted by Crippen LogP contribution is 2.21. The van der Waals surface area contributed by atoms with Gasteiger partial charge in [-0.15, -0.1) is 0 Å². The van der Waals surface area contributed by atoms with Gasteiger partial charge in [-0.2, -0.15) is 0 Å². The molecule has 1 nitrogen and oxygen atoms in total. The zero-order valence-electron chi connectivity index (χ0n) is 11.1. The molecular formula is C14H30O. The molecule has 1 heteroatoms. The van der Waals surface area contributed by atoms with Crippen LogP contribution in [0.3, 0.4) is 0 Å². The van der Waals surface area contributed by atoms with E-state index in [1.54, 1.807) is 0 Å².